The standard InChI is InChI=1S/C23H24ClN3O4S/c1-14-10-19(15(2)27(14)12-18-4-3-9-32-18)21(28)13-31-22(29)11-20(26-23(25)30)16-5-7-17(24)8-6-16/h3-10,20H,11-13H2,1-2H3,(H3,25,26,30). The Balaban J connectivity index is 1.63. The second-order valence-corrected chi connectivity index (χ2v) is 8.82. The summed E-state index contributed by atoms with van der Waals surface area (Å²) in [5.74, 6) is -0.908. The van der Waals surface area contributed by atoms with Gasteiger partial charge < -0.3 is 20.4 Å². The van der Waals surface area contributed by atoms with Crippen molar-refractivity contribution in [3.8, 4) is 0 Å². The number of carbonyl (C=O) groups excluding carboxylic acids is 3. The summed E-state index contributed by atoms with van der Waals surface area (Å²) in [5.41, 5.74) is 8.19. The van der Waals surface area contributed by atoms with Crippen molar-refractivity contribution in [2.75, 3.05) is 6.61 Å². The number of nitrogens with zero attached hydrogens (tertiary/aromatic N) is 1. The Morgan fingerprint density at radius 2 is 1.91 bits per heavy atom. The molecule has 168 valence electrons. The van der Waals surface area contributed by atoms with E-state index in [0.29, 0.717) is 22.7 Å². The van der Waals surface area contributed by atoms with E-state index in [2.05, 4.69) is 9.88 Å². The third kappa shape index (κ3) is 5.99. The summed E-state index contributed by atoms with van der Waals surface area (Å²) in [6.07, 6.45) is -0.171. The van der Waals surface area contributed by atoms with Crippen LogP contribution in [0.5, 0.6) is 0 Å². The average molecular weight is 474 g/mol. The first-order chi connectivity index (χ1) is 15.2. The Labute approximate surface area is 195 Å². The molecule has 0 bridgehead atoms. The first-order valence-corrected chi connectivity index (χ1v) is 11.2. The van der Waals surface area contributed by atoms with Crippen LogP contribution in [0.2, 0.25) is 5.02 Å². The molecule has 0 saturated heterocycles. The number of nitrogens with one attached hydrogen (secondary N) is 1. The molecule has 2 amide bonds. The van der Waals surface area contributed by atoms with Gasteiger partial charge >= 0.3 is 12.0 Å². The summed E-state index contributed by atoms with van der Waals surface area (Å²) < 4.78 is 7.28. The molecule has 0 radical (unpaired) electrons. The van der Waals surface area contributed by atoms with Gasteiger partial charge in [-0.25, -0.2) is 4.79 Å². The molecule has 0 aliphatic rings. The van der Waals surface area contributed by atoms with Crippen LogP contribution in [-0.4, -0.2) is 29.0 Å². The van der Waals surface area contributed by atoms with E-state index >= 15 is 0 Å². The minimum Gasteiger partial charge on any atom is -0.457 e. The molecule has 0 spiro atoms. The first kappa shape index (κ1) is 23.6. The largest absolute Gasteiger partial charge is 0.457 e. The maximum absolute atomic E-state index is 12.7. The number of amides is 2. The molecule has 7 nitrogen and oxygen atoms in total. The topological polar surface area (TPSA) is 103 Å². The van der Waals surface area contributed by atoms with Gasteiger partial charge in [-0.1, -0.05) is 29.8 Å². The highest BCUT2D eigenvalue weighted by atomic mass is 35.5. The summed E-state index contributed by atoms with van der Waals surface area (Å²) in [6.45, 7) is 4.12. The maximum Gasteiger partial charge on any atom is 0.312 e. The number of aryl methyl sites for hydroxylation is 1. The molecular weight excluding hydrogens is 450 g/mol. The Bertz CT molecular complexity index is 1110. The third-order valence-corrected chi connectivity index (χ3v) is 6.21. The van der Waals surface area contributed by atoms with E-state index in [1.165, 1.54) is 4.88 Å². The van der Waals surface area contributed by atoms with Gasteiger partial charge in [-0.3, -0.25) is 9.59 Å². The van der Waals surface area contributed by atoms with Crippen LogP contribution in [0.4, 0.5) is 4.79 Å². The molecule has 0 saturated carbocycles. The number of thiophene rings is 1. The van der Waals surface area contributed by atoms with Crippen LogP contribution in [-0.2, 0) is 16.1 Å². The van der Waals surface area contributed by atoms with E-state index in [0.717, 1.165) is 11.4 Å². The van der Waals surface area contributed by atoms with E-state index in [9.17, 15) is 14.4 Å². The van der Waals surface area contributed by atoms with Gasteiger partial charge in [-0.15, -0.1) is 11.3 Å². The number of hydrogen-bond donors (Lipinski definition) is 2. The van der Waals surface area contributed by atoms with E-state index < -0.39 is 18.0 Å². The lowest BCUT2D eigenvalue weighted by Gasteiger charge is -2.17. The van der Waals surface area contributed by atoms with Gasteiger partial charge in [0.2, 0.25) is 5.78 Å². The molecule has 2 heterocycles. The van der Waals surface area contributed by atoms with E-state index in [1.54, 1.807) is 35.6 Å². The van der Waals surface area contributed by atoms with Crippen LogP contribution < -0.4 is 11.1 Å². The van der Waals surface area contributed by atoms with Gasteiger partial charge in [0.25, 0.3) is 0 Å². The van der Waals surface area contributed by atoms with Crippen LogP contribution in [0, 0.1) is 13.8 Å². The smallest absolute Gasteiger partial charge is 0.312 e. The molecular formula is C23H24ClN3O4S. The minimum absolute atomic E-state index is 0.171. The zero-order valence-corrected chi connectivity index (χ0v) is 19.3. The summed E-state index contributed by atoms with van der Waals surface area (Å²) in [5, 5.41) is 5.05. The van der Waals surface area contributed by atoms with Gasteiger partial charge in [0.15, 0.2) is 6.61 Å². The summed E-state index contributed by atoms with van der Waals surface area (Å²) >= 11 is 7.55. The molecule has 1 unspecified atom stereocenters. The summed E-state index contributed by atoms with van der Waals surface area (Å²) in [7, 11) is 0. The van der Waals surface area contributed by atoms with Gasteiger partial charge in [-0.2, -0.15) is 0 Å². The summed E-state index contributed by atoms with van der Waals surface area (Å²) in [6, 6.07) is 11.0. The molecule has 1 atom stereocenters. The van der Waals surface area contributed by atoms with Crippen molar-refractivity contribution in [3.63, 3.8) is 0 Å². The number of esters is 1. The zero-order valence-electron chi connectivity index (χ0n) is 17.8. The lowest BCUT2D eigenvalue weighted by atomic mass is 10.0. The number of primary amides is 1. The van der Waals surface area contributed by atoms with E-state index in [-0.39, 0.29) is 18.8 Å². The minimum atomic E-state index is -0.771. The Morgan fingerprint density at radius 1 is 1.19 bits per heavy atom. The first-order valence-electron chi connectivity index (χ1n) is 9.94. The predicted octanol–water partition coefficient (Wildman–Crippen LogP) is 4.39. The van der Waals surface area contributed by atoms with E-state index in [1.807, 2.05) is 37.4 Å². The molecule has 9 heteroatoms. The van der Waals surface area contributed by atoms with Gasteiger partial charge in [-0.05, 0) is 49.1 Å². The quantitative estimate of drug-likeness (QED) is 0.355. The highest BCUT2D eigenvalue weighted by Crippen LogP contribution is 2.22. The molecule has 32 heavy (non-hydrogen) atoms. The monoisotopic (exact) mass is 473 g/mol. The normalized spacial score (nSPS) is 11.7. The van der Waals surface area contributed by atoms with Crippen molar-refractivity contribution in [2.24, 2.45) is 5.73 Å². The second kappa shape index (κ2) is 10.5. The van der Waals surface area contributed by atoms with Gasteiger partial charge in [0.1, 0.15) is 0 Å². The van der Waals surface area contributed by atoms with Crippen LogP contribution in [0.3, 0.4) is 0 Å². The van der Waals surface area contributed by atoms with Crippen LogP contribution in [0.25, 0.3) is 0 Å². The number of halogens is 1. The number of ether oxygens (including phenoxy) is 1. The van der Waals surface area contributed by atoms with Crippen molar-refractivity contribution in [1.29, 1.82) is 0 Å². The molecule has 3 rings (SSSR count). The van der Waals surface area contributed by atoms with Crippen LogP contribution >= 0.6 is 22.9 Å². The number of carbonyl (C=O) groups is 3. The molecule has 3 aromatic rings. The maximum atomic E-state index is 12.7. The van der Waals surface area contributed by atoms with Crippen molar-refractivity contribution < 1.29 is 19.1 Å². The Hall–Kier alpha value is -3.10. The molecule has 0 fully saturated rings. The molecule has 3 N–H and O–H groups in total. The number of Topliss-reactive ketones (excluding diaryl/α,β-unsaturated/α-hetero) is 1. The number of urea groups is 1. The fourth-order valence-corrected chi connectivity index (χ4v) is 4.27. The van der Waals surface area contributed by atoms with Gasteiger partial charge in [0, 0.05) is 26.9 Å². The Kier molecular flexibility index (Phi) is 7.71. The fraction of sp³-hybridized carbons (Fsp3) is 0.261. The van der Waals surface area contributed by atoms with Crippen molar-refractivity contribution >= 4 is 40.7 Å². The molecule has 2 aromatic heterocycles. The highest BCUT2D eigenvalue weighted by Gasteiger charge is 2.21. The number of hydrogen-bond acceptors (Lipinski definition) is 5. The second-order valence-electron chi connectivity index (χ2n) is 7.35. The number of ketones is 1. The van der Waals surface area contributed by atoms with E-state index in [4.69, 9.17) is 22.1 Å². The summed E-state index contributed by atoms with van der Waals surface area (Å²) in [4.78, 5) is 37.6. The molecule has 0 aliphatic carbocycles. The third-order valence-electron chi connectivity index (χ3n) is 5.09. The van der Waals surface area contributed by atoms with Gasteiger partial charge in [0.05, 0.1) is 19.0 Å². The predicted molar refractivity (Wildman–Crippen MR) is 124 cm³/mol. The lowest BCUT2D eigenvalue weighted by Crippen LogP contribution is -2.34. The number of benzene rings is 1. The van der Waals surface area contributed by atoms with Crippen molar-refractivity contribution in [3.05, 3.63) is 80.3 Å². The average Bonchev–Trinajstić information content (AvgIpc) is 3.35. The molecule has 0 aliphatic heterocycles. The number of aromatic nitrogens is 1. The van der Waals surface area contributed by atoms with Crippen LogP contribution in [0.15, 0.2) is 47.8 Å². The number of nitrogens with two attached hydrogens (primary N) is 1. The Morgan fingerprint density at radius 3 is 2.53 bits per heavy atom. The SMILES string of the molecule is Cc1cc(C(=O)COC(=O)CC(NC(N)=O)c2ccc(Cl)cc2)c(C)n1Cc1cccs1. The number of rotatable bonds is 9. The van der Waals surface area contributed by atoms with Crippen molar-refractivity contribution in [2.45, 2.75) is 32.9 Å². The van der Waals surface area contributed by atoms with Crippen molar-refractivity contribution in [1.82, 2.24) is 9.88 Å². The zero-order chi connectivity index (χ0) is 23.3. The van der Waals surface area contributed by atoms with Crippen LogP contribution in [0.1, 0.15) is 44.6 Å². The fourth-order valence-electron chi connectivity index (χ4n) is 3.45. The highest BCUT2D eigenvalue weighted by molar-refractivity contribution is 7.09. The molecule has 1 aromatic carbocycles. The lowest BCUT2D eigenvalue weighted by molar-refractivity contribution is -0.143.